The summed E-state index contributed by atoms with van der Waals surface area (Å²) in [5, 5.41) is 0. The number of carbonyl (C=O) groups excluding carboxylic acids is 2. The van der Waals surface area contributed by atoms with Gasteiger partial charge in [0.2, 0.25) is 5.91 Å². The van der Waals surface area contributed by atoms with E-state index in [4.69, 9.17) is 4.74 Å². The Morgan fingerprint density at radius 2 is 1.54 bits per heavy atom. The second-order valence-electron chi connectivity index (χ2n) is 7.68. The number of amides is 2. The van der Waals surface area contributed by atoms with Gasteiger partial charge in [-0.05, 0) is 39.0 Å². The van der Waals surface area contributed by atoms with Crippen LogP contribution < -0.4 is 0 Å². The van der Waals surface area contributed by atoms with Gasteiger partial charge in [-0.15, -0.1) is 0 Å². The van der Waals surface area contributed by atoms with E-state index < -0.39 is 16.3 Å². The van der Waals surface area contributed by atoms with Gasteiger partial charge in [-0.3, -0.25) is 4.79 Å². The van der Waals surface area contributed by atoms with E-state index >= 15 is 0 Å². The van der Waals surface area contributed by atoms with Crippen LogP contribution in [0.2, 0.25) is 0 Å². The van der Waals surface area contributed by atoms with Gasteiger partial charge in [0, 0.05) is 52.4 Å². The molecule has 0 aromatic carbocycles. The zero-order chi connectivity index (χ0) is 20.1. The molecule has 1 atom stereocenters. The zero-order valence-electron chi connectivity index (χ0n) is 16.7. The Morgan fingerprint density at radius 3 is 2.18 bits per heavy atom. The molecule has 0 aliphatic carbocycles. The molecule has 10 heteroatoms. The summed E-state index contributed by atoms with van der Waals surface area (Å²) < 4.78 is 34.0. The molecule has 0 aromatic rings. The standard InChI is InChI=1S/C18H32N4O5S/c1-2-27-18(24)20-11-13-21(14-12-20)28(25,26)22-10-6-7-16(15-22)17(23)19-8-4-3-5-9-19/h16H,2-15H2,1H3. The maximum absolute atomic E-state index is 13.1. The third-order valence-corrected chi connectivity index (χ3v) is 7.82. The van der Waals surface area contributed by atoms with E-state index in [2.05, 4.69) is 0 Å². The third kappa shape index (κ3) is 4.77. The second-order valence-corrected chi connectivity index (χ2v) is 9.60. The summed E-state index contributed by atoms with van der Waals surface area (Å²) >= 11 is 0. The van der Waals surface area contributed by atoms with Gasteiger partial charge in [-0.25, -0.2) is 4.79 Å². The molecule has 0 spiro atoms. The second kappa shape index (κ2) is 9.41. The number of rotatable bonds is 4. The highest BCUT2D eigenvalue weighted by Crippen LogP contribution is 2.25. The van der Waals surface area contributed by atoms with E-state index in [-0.39, 0.29) is 31.5 Å². The molecule has 9 nitrogen and oxygen atoms in total. The molecule has 3 aliphatic rings. The minimum atomic E-state index is -3.63. The summed E-state index contributed by atoms with van der Waals surface area (Å²) in [6, 6.07) is 0. The van der Waals surface area contributed by atoms with Gasteiger partial charge in [-0.1, -0.05) is 0 Å². The highest BCUT2D eigenvalue weighted by molar-refractivity contribution is 7.86. The van der Waals surface area contributed by atoms with Crippen molar-refractivity contribution in [3.8, 4) is 0 Å². The quantitative estimate of drug-likeness (QED) is 0.674. The first-order valence-electron chi connectivity index (χ1n) is 10.4. The monoisotopic (exact) mass is 416 g/mol. The molecule has 3 aliphatic heterocycles. The van der Waals surface area contributed by atoms with Crippen LogP contribution in [0.3, 0.4) is 0 Å². The molecule has 2 amide bonds. The van der Waals surface area contributed by atoms with Crippen LogP contribution in [-0.4, -0.2) is 97.8 Å². The Bertz CT molecular complexity index is 657. The molecule has 3 saturated heterocycles. The molecular weight excluding hydrogens is 384 g/mol. The highest BCUT2D eigenvalue weighted by Gasteiger charge is 2.38. The molecule has 3 heterocycles. The maximum Gasteiger partial charge on any atom is 0.409 e. The van der Waals surface area contributed by atoms with Crippen molar-refractivity contribution < 1.29 is 22.7 Å². The van der Waals surface area contributed by atoms with Crippen LogP contribution in [0.5, 0.6) is 0 Å². The van der Waals surface area contributed by atoms with Crippen molar-refractivity contribution in [3.63, 3.8) is 0 Å². The molecular formula is C18H32N4O5S. The number of piperidine rings is 2. The number of hydrogen-bond acceptors (Lipinski definition) is 5. The lowest BCUT2D eigenvalue weighted by atomic mass is 9.97. The van der Waals surface area contributed by atoms with Crippen molar-refractivity contribution in [3.05, 3.63) is 0 Å². The van der Waals surface area contributed by atoms with E-state index in [0.29, 0.717) is 32.7 Å². The lowest BCUT2D eigenvalue weighted by Crippen LogP contribution is -2.56. The van der Waals surface area contributed by atoms with Gasteiger partial charge in [0.25, 0.3) is 10.2 Å². The summed E-state index contributed by atoms with van der Waals surface area (Å²) in [6.45, 7) is 5.48. The van der Waals surface area contributed by atoms with Crippen molar-refractivity contribution in [2.75, 3.05) is 59.0 Å². The number of ether oxygens (including phenoxy) is 1. The van der Waals surface area contributed by atoms with Crippen LogP contribution >= 0.6 is 0 Å². The molecule has 0 radical (unpaired) electrons. The van der Waals surface area contributed by atoms with Gasteiger partial charge < -0.3 is 14.5 Å². The number of piperazine rings is 1. The van der Waals surface area contributed by atoms with Crippen molar-refractivity contribution in [2.45, 2.75) is 39.0 Å². The van der Waals surface area contributed by atoms with Crippen molar-refractivity contribution in [2.24, 2.45) is 5.92 Å². The van der Waals surface area contributed by atoms with E-state index in [1.54, 1.807) is 6.92 Å². The van der Waals surface area contributed by atoms with Gasteiger partial charge >= 0.3 is 6.09 Å². The maximum atomic E-state index is 13.1. The first-order chi connectivity index (χ1) is 13.4. The van der Waals surface area contributed by atoms with Crippen LogP contribution in [0.4, 0.5) is 4.79 Å². The first-order valence-corrected chi connectivity index (χ1v) is 11.8. The summed E-state index contributed by atoms with van der Waals surface area (Å²) in [5.74, 6) is -0.144. The van der Waals surface area contributed by atoms with E-state index in [1.807, 2.05) is 4.90 Å². The fourth-order valence-electron chi connectivity index (χ4n) is 4.21. The number of nitrogens with zero attached hydrogens (tertiary/aromatic N) is 4. The molecule has 160 valence electrons. The Balaban J connectivity index is 1.57. The summed E-state index contributed by atoms with van der Waals surface area (Å²) in [5.41, 5.74) is 0. The van der Waals surface area contributed by atoms with E-state index in [1.165, 1.54) is 13.5 Å². The van der Waals surface area contributed by atoms with Crippen LogP contribution in [0.1, 0.15) is 39.0 Å². The minimum Gasteiger partial charge on any atom is -0.450 e. The van der Waals surface area contributed by atoms with E-state index in [9.17, 15) is 18.0 Å². The van der Waals surface area contributed by atoms with Gasteiger partial charge in [0.1, 0.15) is 0 Å². The Hall–Kier alpha value is -1.39. The first kappa shape index (κ1) is 21.3. The molecule has 3 rings (SSSR count). The van der Waals surface area contributed by atoms with Gasteiger partial charge in [0.15, 0.2) is 0 Å². The summed E-state index contributed by atoms with van der Waals surface area (Å²) in [7, 11) is -3.63. The lowest BCUT2D eigenvalue weighted by molar-refractivity contribution is -0.137. The Kier molecular flexibility index (Phi) is 7.16. The predicted octanol–water partition coefficient (Wildman–Crippen LogP) is 0.730. The normalized spacial score (nSPS) is 25.5. The molecule has 0 saturated carbocycles. The average molecular weight is 417 g/mol. The van der Waals surface area contributed by atoms with Crippen LogP contribution in [-0.2, 0) is 19.7 Å². The number of hydrogen-bond donors (Lipinski definition) is 0. The van der Waals surface area contributed by atoms with Crippen LogP contribution in [0.15, 0.2) is 0 Å². The van der Waals surface area contributed by atoms with Crippen LogP contribution in [0, 0.1) is 5.92 Å². The molecule has 0 aromatic heterocycles. The van der Waals surface area contributed by atoms with Crippen LogP contribution in [0.25, 0.3) is 0 Å². The average Bonchev–Trinajstić information content (AvgIpc) is 2.74. The molecule has 3 fully saturated rings. The Labute approximate surface area is 167 Å². The van der Waals surface area contributed by atoms with Gasteiger partial charge in [-0.2, -0.15) is 17.0 Å². The van der Waals surface area contributed by atoms with Crippen molar-refractivity contribution in [1.82, 2.24) is 18.4 Å². The minimum absolute atomic E-state index is 0.103. The lowest BCUT2D eigenvalue weighted by Gasteiger charge is -2.39. The highest BCUT2D eigenvalue weighted by atomic mass is 32.2. The van der Waals surface area contributed by atoms with Crippen molar-refractivity contribution >= 4 is 22.2 Å². The Morgan fingerprint density at radius 1 is 0.857 bits per heavy atom. The molecule has 1 unspecified atom stereocenters. The fourth-order valence-corrected chi connectivity index (χ4v) is 5.88. The molecule has 28 heavy (non-hydrogen) atoms. The van der Waals surface area contributed by atoms with E-state index in [0.717, 1.165) is 38.8 Å². The third-order valence-electron chi connectivity index (χ3n) is 5.82. The zero-order valence-corrected chi connectivity index (χ0v) is 17.5. The summed E-state index contributed by atoms with van der Waals surface area (Å²) in [4.78, 5) is 28.1. The smallest absolute Gasteiger partial charge is 0.409 e. The predicted molar refractivity (Wildman–Crippen MR) is 104 cm³/mol. The number of carbonyl (C=O) groups is 2. The topological polar surface area (TPSA) is 90.5 Å². The summed E-state index contributed by atoms with van der Waals surface area (Å²) in [6.07, 6.45) is 4.28. The molecule has 0 N–H and O–H groups in total. The molecule has 0 bridgehead atoms. The largest absolute Gasteiger partial charge is 0.450 e. The SMILES string of the molecule is CCOC(=O)N1CCN(S(=O)(=O)N2CCCC(C(=O)N3CCCCC3)C2)CC1. The van der Waals surface area contributed by atoms with Crippen molar-refractivity contribution in [1.29, 1.82) is 0 Å². The van der Waals surface area contributed by atoms with Gasteiger partial charge in [0.05, 0.1) is 12.5 Å². The number of likely N-dealkylation sites (tertiary alicyclic amines) is 1. The fraction of sp³-hybridized carbons (Fsp3) is 0.889.